The molecule has 0 spiro atoms. The average Bonchev–Trinajstić information content (AvgIpc) is 3.04. The van der Waals surface area contributed by atoms with E-state index in [0.29, 0.717) is 11.1 Å². The van der Waals surface area contributed by atoms with Gasteiger partial charge in [0.15, 0.2) is 0 Å². The zero-order valence-electron chi connectivity index (χ0n) is 16.6. The molecule has 2 aromatic carbocycles. The van der Waals surface area contributed by atoms with Crippen LogP contribution < -0.4 is 5.32 Å². The molecule has 0 bridgehead atoms. The summed E-state index contributed by atoms with van der Waals surface area (Å²) in [7, 11) is 0. The Hall–Kier alpha value is -3.20. The summed E-state index contributed by atoms with van der Waals surface area (Å²) in [5, 5.41) is 2.77. The molecule has 1 heterocycles. The molecule has 31 heavy (non-hydrogen) atoms. The highest BCUT2D eigenvalue weighted by Crippen LogP contribution is 2.17. The van der Waals surface area contributed by atoms with Crippen molar-refractivity contribution in [2.24, 2.45) is 0 Å². The number of imide groups is 1. The van der Waals surface area contributed by atoms with E-state index >= 15 is 0 Å². The van der Waals surface area contributed by atoms with E-state index in [0.717, 1.165) is 11.1 Å². The zero-order chi connectivity index (χ0) is 22.4. The van der Waals surface area contributed by atoms with Gasteiger partial charge in [-0.1, -0.05) is 36.4 Å². The first-order valence-corrected chi connectivity index (χ1v) is 9.64. The first-order chi connectivity index (χ1) is 14.7. The van der Waals surface area contributed by atoms with Crippen molar-refractivity contribution in [3.05, 3.63) is 70.8 Å². The summed E-state index contributed by atoms with van der Waals surface area (Å²) in [6.07, 6.45) is -3.88. The predicted octanol–water partition coefficient (Wildman–Crippen LogP) is 3.34. The quantitative estimate of drug-likeness (QED) is 0.647. The van der Waals surface area contributed by atoms with Gasteiger partial charge in [-0.05, 0) is 28.8 Å². The number of carbonyl (C=O) groups is 3. The van der Waals surface area contributed by atoms with Gasteiger partial charge in [0, 0.05) is 24.9 Å². The molecule has 0 aromatic heterocycles. The lowest BCUT2D eigenvalue weighted by atomic mass is 10.1. The number of nitrogens with zero attached hydrogens (tertiary/aromatic N) is 1. The Balaban J connectivity index is 1.47. The van der Waals surface area contributed by atoms with Crippen LogP contribution in [0.15, 0.2) is 48.5 Å². The number of likely N-dealkylation sites (tertiary alicyclic amines) is 1. The Morgan fingerprint density at radius 2 is 1.45 bits per heavy atom. The second kappa shape index (κ2) is 9.74. The molecule has 164 valence electrons. The molecule has 0 saturated carbocycles. The number of amides is 3. The van der Waals surface area contributed by atoms with Crippen LogP contribution >= 0.6 is 0 Å². The number of nitrogens with one attached hydrogen (secondary N) is 1. The molecule has 1 fully saturated rings. The number of hydrogen-bond donors (Lipinski definition) is 1. The molecule has 1 N–H and O–H groups in total. The van der Waals surface area contributed by atoms with Gasteiger partial charge in [-0.2, -0.15) is 13.2 Å². The fourth-order valence-corrected chi connectivity index (χ4v) is 3.07. The van der Waals surface area contributed by atoms with E-state index < -0.39 is 12.8 Å². The van der Waals surface area contributed by atoms with Crippen molar-refractivity contribution < 1.29 is 32.3 Å². The highest BCUT2D eigenvalue weighted by molar-refractivity contribution is 6.01. The summed E-state index contributed by atoms with van der Waals surface area (Å²) in [4.78, 5) is 36.9. The summed E-state index contributed by atoms with van der Waals surface area (Å²) in [6, 6.07) is 13.3. The molecule has 0 aliphatic carbocycles. The maximum atomic E-state index is 12.3. The topological polar surface area (TPSA) is 75.7 Å². The third kappa shape index (κ3) is 6.65. The van der Waals surface area contributed by atoms with Gasteiger partial charge in [-0.3, -0.25) is 19.3 Å². The van der Waals surface area contributed by atoms with E-state index in [1.165, 1.54) is 4.90 Å². The number of carbonyl (C=O) groups excluding carboxylic acids is 3. The van der Waals surface area contributed by atoms with Crippen molar-refractivity contribution in [3.63, 3.8) is 0 Å². The van der Waals surface area contributed by atoms with E-state index in [4.69, 9.17) is 0 Å². The molecule has 1 aliphatic heterocycles. The summed E-state index contributed by atoms with van der Waals surface area (Å²) in [6.45, 7) is -0.999. The number of ether oxygens (including phenoxy) is 1. The molecule has 0 atom stereocenters. The number of benzene rings is 2. The smallest absolute Gasteiger partial charge is 0.367 e. The average molecular weight is 434 g/mol. The van der Waals surface area contributed by atoms with Crippen molar-refractivity contribution in [3.8, 4) is 0 Å². The zero-order valence-corrected chi connectivity index (χ0v) is 16.6. The molecule has 1 saturated heterocycles. The molecule has 2 aromatic rings. The largest absolute Gasteiger partial charge is 0.411 e. The Bertz CT molecular complexity index is 925. The Morgan fingerprint density at radius 1 is 0.903 bits per heavy atom. The molecule has 0 unspecified atom stereocenters. The lowest BCUT2D eigenvalue weighted by Crippen LogP contribution is -2.28. The molecular formula is C22H21F3N2O4. The SMILES string of the molecule is O=C(NCc1ccc(COCC(F)(F)F)cc1)c1ccc(CN2C(=O)CCC2=O)cc1. The van der Waals surface area contributed by atoms with Crippen molar-refractivity contribution >= 4 is 17.7 Å². The maximum absolute atomic E-state index is 12.3. The van der Waals surface area contributed by atoms with Gasteiger partial charge < -0.3 is 10.1 Å². The maximum Gasteiger partial charge on any atom is 0.411 e. The second-order valence-electron chi connectivity index (χ2n) is 7.18. The van der Waals surface area contributed by atoms with Crippen LogP contribution in [0.2, 0.25) is 0 Å². The van der Waals surface area contributed by atoms with Crippen LogP contribution in [-0.4, -0.2) is 35.4 Å². The lowest BCUT2D eigenvalue weighted by Gasteiger charge is -2.14. The first kappa shape index (κ1) is 22.5. The molecule has 1 aliphatic rings. The predicted molar refractivity (Wildman–Crippen MR) is 105 cm³/mol. The Kier molecular flexibility index (Phi) is 7.06. The van der Waals surface area contributed by atoms with Crippen LogP contribution in [0.1, 0.15) is 39.9 Å². The van der Waals surface area contributed by atoms with Crippen molar-refractivity contribution in [1.82, 2.24) is 10.2 Å². The standard InChI is InChI=1S/C22H21F3N2O4/c23-22(24,25)14-31-13-17-3-1-15(2-4-17)11-26-21(30)18-7-5-16(6-8-18)12-27-19(28)9-10-20(27)29/h1-8H,9-14H2,(H,26,30). The molecule has 6 nitrogen and oxygen atoms in total. The van der Waals surface area contributed by atoms with Gasteiger partial charge in [0.2, 0.25) is 11.8 Å². The van der Waals surface area contributed by atoms with Gasteiger partial charge in [-0.25, -0.2) is 0 Å². The molecular weight excluding hydrogens is 413 g/mol. The fourth-order valence-electron chi connectivity index (χ4n) is 3.07. The second-order valence-corrected chi connectivity index (χ2v) is 7.18. The third-order valence-corrected chi connectivity index (χ3v) is 4.72. The number of rotatable bonds is 8. The minimum absolute atomic E-state index is 0.146. The molecule has 3 amide bonds. The van der Waals surface area contributed by atoms with E-state index in [9.17, 15) is 27.6 Å². The highest BCUT2D eigenvalue weighted by atomic mass is 19.4. The van der Waals surface area contributed by atoms with Crippen molar-refractivity contribution in [2.75, 3.05) is 6.61 Å². The molecule has 9 heteroatoms. The summed E-state index contributed by atoms with van der Waals surface area (Å²) in [5.41, 5.74) is 2.57. The van der Waals surface area contributed by atoms with Gasteiger partial charge in [0.1, 0.15) is 6.61 Å². The van der Waals surface area contributed by atoms with Gasteiger partial charge in [-0.15, -0.1) is 0 Å². The van der Waals surface area contributed by atoms with E-state index in [1.807, 2.05) is 0 Å². The van der Waals surface area contributed by atoms with E-state index in [-0.39, 0.29) is 50.3 Å². The number of halogens is 3. The summed E-state index contributed by atoms with van der Waals surface area (Å²) in [5.74, 6) is -0.674. The van der Waals surface area contributed by atoms with Crippen LogP contribution in [0.5, 0.6) is 0 Å². The fraction of sp³-hybridized carbons (Fsp3) is 0.318. The van der Waals surface area contributed by atoms with Gasteiger partial charge in [0.05, 0.1) is 13.2 Å². The molecule has 3 rings (SSSR count). The van der Waals surface area contributed by atoms with E-state index in [2.05, 4.69) is 10.1 Å². The minimum Gasteiger partial charge on any atom is -0.367 e. The summed E-state index contributed by atoms with van der Waals surface area (Å²) < 4.78 is 40.9. The summed E-state index contributed by atoms with van der Waals surface area (Å²) >= 11 is 0. The van der Waals surface area contributed by atoms with Gasteiger partial charge >= 0.3 is 6.18 Å². The Morgan fingerprint density at radius 3 is 2.03 bits per heavy atom. The van der Waals surface area contributed by atoms with Crippen LogP contribution in [0.3, 0.4) is 0 Å². The normalized spacial score (nSPS) is 14.2. The van der Waals surface area contributed by atoms with Crippen molar-refractivity contribution in [1.29, 1.82) is 0 Å². The first-order valence-electron chi connectivity index (χ1n) is 9.64. The molecule has 0 radical (unpaired) electrons. The lowest BCUT2D eigenvalue weighted by molar-refractivity contribution is -0.176. The van der Waals surface area contributed by atoms with Crippen LogP contribution in [-0.2, 0) is 34.0 Å². The van der Waals surface area contributed by atoms with Crippen molar-refractivity contribution in [2.45, 2.75) is 38.7 Å². The van der Waals surface area contributed by atoms with Crippen LogP contribution in [0.4, 0.5) is 13.2 Å². The minimum atomic E-state index is -4.36. The number of alkyl halides is 3. The van der Waals surface area contributed by atoms with Crippen LogP contribution in [0, 0.1) is 0 Å². The monoisotopic (exact) mass is 434 g/mol. The number of hydrogen-bond acceptors (Lipinski definition) is 4. The van der Waals surface area contributed by atoms with E-state index in [1.54, 1.807) is 48.5 Å². The highest BCUT2D eigenvalue weighted by Gasteiger charge is 2.28. The van der Waals surface area contributed by atoms with Gasteiger partial charge in [0.25, 0.3) is 5.91 Å². The third-order valence-electron chi connectivity index (χ3n) is 4.72. The van der Waals surface area contributed by atoms with Crippen LogP contribution in [0.25, 0.3) is 0 Å². The Labute approximate surface area is 177 Å².